The predicted molar refractivity (Wildman–Crippen MR) is 112 cm³/mol. The first kappa shape index (κ1) is 20.0. The molecular formula is C22H25N5O3. The lowest BCUT2D eigenvalue weighted by atomic mass is 10.1. The van der Waals surface area contributed by atoms with E-state index < -0.39 is 0 Å². The molecule has 1 aliphatic heterocycles. The highest BCUT2D eigenvalue weighted by Crippen LogP contribution is 2.22. The smallest absolute Gasteiger partial charge is 0.320 e. The van der Waals surface area contributed by atoms with Crippen molar-refractivity contribution in [1.82, 2.24) is 24.2 Å². The number of carbonyl (C=O) groups excluding carboxylic acids is 2. The Morgan fingerprint density at radius 2 is 1.83 bits per heavy atom. The Morgan fingerprint density at radius 1 is 1.10 bits per heavy atom. The lowest BCUT2D eigenvalue weighted by Crippen LogP contribution is -2.50. The molecule has 3 aromatic rings. The van der Waals surface area contributed by atoms with Crippen LogP contribution in [0.15, 0.2) is 42.9 Å². The summed E-state index contributed by atoms with van der Waals surface area (Å²) in [6.45, 7) is 6.84. The van der Waals surface area contributed by atoms with Gasteiger partial charge in [0.2, 0.25) is 0 Å². The Morgan fingerprint density at radius 3 is 2.53 bits per heavy atom. The Kier molecular flexibility index (Phi) is 5.76. The van der Waals surface area contributed by atoms with Gasteiger partial charge in [-0.25, -0.2) is 4.98 Å². The van der Waals surface area contributed by atoms with Crippen molar-refractivity contribution in [1.29, 1.82) is 0 Å². The molecule has 2 aromatic heterocycles. The molecule has 1 aromatic carbocycles. The third-order valence-electron chi connectivity index (χ3n) is 5.24. The highest BCUT2D eigenvalue weighted by Gasteiger charge is 2.25. The van der Waals surface area contributed by atoms with Crippen LogP contribution in [0, 0.1) is 6.92 Å². The van der Waals surface area contributed by atoms with Gasteiger partial charge in [-0.3, -0.25) is 19.5 Å². The molecule has 0 spiro atoms. The van der Waals surface area contributed by atoms with Gasteiger partial charge in [-0.05, 0) is 13.8 Å². The number of aromatic nitrogens is 3. The summed E-state index contributed by atoms with van der Waals surface area (Å²) in [5.74, 6) is -0.335. The molecule has 0 N–H and O–H groups in total. The number of nitrogens with zero attached hydrogens (tertiary/aromatic N) is 5. The molecule has 156 valence electrons. The van der Waals surface area contributed by atoms with Crippen LogP contribution < -0.4 is 0 Å². The number of hydrogen-bond donors (Lipinski definition) is 0. The lowest BCUT2D eigenvalue weighted by Gasteiger charge is -2.33. The molecule has 8 heteroatoms. The molecule has 0 saturated carbocycles. The van der Waals surface area contributed by atoms with Crippen LogP contribution in [0.4, 0.5) is 0 Å². The molecule has 8 nitrogen and oxygen atoms in total. The minimum Gasteiger partial charge on any atom is -0.465 e. The lowest BCUT2D eigenvalue weighted by molar-refractivity contribution is -0.144. The Bertz CT molecular complexity index is 1050. The topological polar surface area (TPSA) is 80.0 Å². The van der Waals surface area contributed by atoms with Gasteiger partial charge >= 0.3 is 5.97 Å². The summed E-state index contributed by atoms with van der Waals surface area (Å²) in [4.78, 5) is 37.5. The van der Waals surface area contributed by atoms with Crippen molar-refractivity contribution in [2.24, 2.45) is 0 Å². The van der Waals surface area contributed by atoms with Gasteiger partial charge < -0.3 is 14.0 Å². The van der Waals surface area contributed by atoms with Crippen molar-refractivity contribution in [3.63, 3.8) is 0 Å². The van der Waals surface area contributed by atoms with E-state index in [2.05, 4.69) is 9.97 Å². The van der Waals surface area contributed by atoms with Gasteiger partial charge in [-0.2, -0.15) is 0 Å². The average molecular weight is 407 g/mol. The van der Waals surface area contributed by atoms with Gasteiger partial charge in [0.05, 0.1) is 13.2 Å². The van der Waals surface area contributed by atoms with Gasteiger partial charge in [0.1, 0.15) is 11.4 Å². The van der Waals surface area contributed by atoms with Crippen molar-refractivity contribution < 1.29 is 14.3 Å². The number of hydrogen-bond acceptors (Lipinski definition) is 6. The summed E-state index contributed by atoms with van der Waals surface area (Å²) in [5, 5.41) is 0. The molecule has 1 saturated heterocycles. The molecule has 0 atom stereocenters. The number of piperazine rings is 1. The average Bonchev–Trinajstić information content (AvgIpc) is 3.19. The highest BCUT2D eigenvalue weighted by molar-refractivity contribution is 5.93. The number of esters is 1. The normalized spacial score (nSPS) is 14.8. The summed E-state index contributed by atoms with van der Waals surface area (Å²) in [6, 6.07) is 8.09. The van der Waals surface area contributed by atoms with Crippen LogP contribution in [-0.4, -0.2) is 75.4 Å². The summed E-state index contributed by atoms with van der Waals surface area (Å²) in [7, 11) is 0. The second-order valence-electron chi connectivity index (χ2n) is 7.37. The maximum Gasteiger partial charge on any atom is 0.320 e. The molecule has 0 bridgehead atoms. The van der Waals surface area contributed by atoms with Crippen molar-refractivity contribution in [2.45, 2.75) is 13.8 Å². The maximum atomic E-state index is 13.0. The number of rotatable bonds is 5. The number of imidazole rings is 1. The van der Waals surface area contributed by atoms with Crippen molar-refractivity contribution in [2.75, 3.05) is 39.3 Å². The third kappa shape index (κ3) is 4.18. The maximum absolute atomic E-state index is 13.0. The molecule has 4 rings (SSSR count). The fourth-order valence-electron chi connectivity index (χ4n) is 3.60. The standard InChI is InChI=1S/C22H25N5O3/c1-3-30-19(28)15-25-10-12-26(13-11-25)22(29)18-14-27-9-8-23-20(21(27)24-18)17-6-4-16(2)5-7-17/h4-9,14H,3,10-13,15H2,1-2H3. The molecule has 3 heterocycles. The van der Waals surface area contributed by atoms with E-state index in [-0.39, 0.29) is 18.4 Å². The SMILES string of the molecule is CCOC(=O)CN1CCN(C(=O)c2cn3ccnc(-c4ccc(C)cc4)c3n2)CC1. The fourth-order valence-corrected chi connectivity index (χ4v) is 3.60. The molecule has 0 unspecified atom stereocenters. The Hall–Kier alpha value is -3.26. The van der Waals surface area contributed by atoms with Crippen molar-refractivity contribution in [3.8, 4) is 11.3 Å². The van der Waals surface area contributed by atoms with E-state index in [1.54, 1.807) is 30.4 Å². The minimum atomic E-state index is -0.228. The second-order valence-corrected chi connectivity index (χ2v) is 7.37. The van der Waals surface area contributed by atoms with Crippen LogP contribution in [0.3, 0.4) is 0 Å². The zero-order valence-corrected chi connectivity index (χ0v) is 17.2. The quantitative estimate of drug-likeness (QED) is 0.602. The summed E-state index contributed by atoms with van der Waals surface area (Å²) in [6.07, 6.45) is 5.27. The first-order valence-electron chi connectivity index (χ1n) is 10.1. The van der Waals surface area contributed by atoms with E-state index in [9.17, 15) is 9.59 Å². The predicted octanol–water partition coefficient (Wildman–Crippen LogP) is 2.03. The van der Waals surface area contributed by atoms with E-state index in [1.807, 2.05) is 40.5 Å². The van der Waals surface area contributed by atoms with E-state index in [0.717, 1.165) is 11.3 Å². The number of aryl methyl sites for hydroxylation is 1. The van der Waals surface area contributed by atoms with Crippen molar-refractivity contribution in [3.05, 3.63) is 54.1 Å². The largest absolute Gasteiger partial charge is 0.465 e. The number of fused-ring (bicyclic) bond motifs is 1. The summed E-state index contributed by atoms with van der Waals surface area (Å²) < 4.78 is 6.84. The van der Waals surface area contributed by atoms with E-state index >= 15 is 0 Å². The molecule has 0 aliphatic carbocycles. The van der Waals surface area contributed by atoms with Gasteiger partial charge in [0.15, 0.2) is 5.65 Å². The minimum absolute atomic E-state index is 0.107. The molecule has 1 fully saturated rings. The van der Waals surface area contributed by atoms with E-state index in [1.165, 1.54) is 5.56 Å². The van der Waals surface area contributed by atoms with Gasteiger partial charge in [0, 0.05) is 50.3 Å². The molecule has 1 amide bonds. The van der Waals surface area contributed by atoms with Gasteiger partial charge in [-0.15, -0.1) is 0 Å². The summed E-state index contributed by atoms with van der Waals surface area (Å²) >= 11 is 0. The van der Waals surface area contributed by atoms with Gasteiger partial charge in [-0.1, -0.05) is 29.8 Å². The van der Waals surface area contributed by atoms with E-state index in [0.29, 0.717) is 44.1 Å². The third-order valence-corrected chi connectivity index (χ3v) is 5.24. The zero-order valence-electron chi connectivity index (χ0n) is 17.2. The number of amides is 1. The van der Waals surface area contributed by atoms with Crippen molar-refractivity contribution >= 4 is 17.5 Å². The molecular weight excluding hydrogens is 382 g/mol. The number of benzene rings is 1. The van der Waals surface area contributed by atoms with Crippen LogP contribution in [0.25, 0.3) is 16.9 Å². The molecule has 1 aliphatic rings. The monoisotopic (exact) mass is 407 g/mol. The van der Waals surface area contributed by atoms with Gasteiger partial charge in [0.25, 0.3) is 5.91 Å². The van der Waals surface area contributed by atoms with Crippen LogP contribution in [0.5, 0.6) is 0 Å². The van der Waals surface area contributed by atoms with Crippen LogP contribution >= 0.6 is 0 Å². The number of carbonyl (C=O) groups is 2. The molecule has 0 radical (unpaired) electrons. The first-order chi connectivity index (χ1) is 14.5. The van der Waals surface area contributed by atoms with E-state index in [4.69, 9.17) is 4.74 Å². The fraction of sp³-hybridized carbons (Fsp3) is 0.364. The second kappa shape index (κ2) is 8.62. The molecule has 30 heavy (non-hydrogen) atoms. The first-order valence-corrected chi connectivity index (χ1v) is 10.1. The van der Waals surface area contributed by atoms with Crippen LogP contribution in [0.1, 0.15) is 23.0 Å². The Balaban J connectivity index is 1.49. The summed E-state index contributed by atoms with van der Waals surface area (Å²) in [5.41, 5.74) is 3.94. The zero-order chi connectivity index (χ0) is 21.1. The number of ether oxygens (including phenoxy) is 1. The Labute approximate surface area is 175 Å². The highest BCUT2D eigenvalue weighted by atomic mass is 16.5. The van der Waals surface area contributed by atoms with Crippen LogP contribution in [-0.2, 0) is 9.53 Å². The van der Waals surface area contributed by atoms with Crippen LogP contribution in [0.2, 0.25) is 0 Å².